The maximum Gasteiger partial charge on any atom is 0.324 e. The van der Waals surface area contributed by atoms with Crippen molar-refractivity contribution in [1.29, 1.82) is 0 Å². The number of carbonyl (C=O) groups is 2. The smallest absolute Gasteiger partial charge is 0.324 e. The molecule has 4 nitrogen and oxygen atoms in total. The Bertz CT molecular complexity index is 202. The lowest BCUT2D eigenvalue weighted by Crippen LogP contribution is -2.21. The zero-order valence-electron chi connectivity index (χ0n) is 6.12. The lowest BCUT2D eigenvalue weighted by Gasteiger charge is -2.02. The molecule has 1 fully saturated rings. The summed E-state index contributed by atoms with van der Waals surface area (Å²) in [7, 11) is 1.22. The molecular formula is C7H8O4. The van der Waals surface area contributed by atoms with Crippen LogP contribution < -0.4 is 0 Å². The molecule has 0 N–H and O–H groups in total. The van der Waals surface area contributed by atoms with Gasteiger partial charge in [-0.3, -0.25) is 9.59 Å². The zero-order chi connectivity index (χ0) is 8.43. The molecule has 1 aliphatic rings. The SMILES string of the molecule is C=C1COC(=O)C1C(=O)OC. The van der Waals surface area contributed by atoms with E-state index in [2.05, 4.69) is 16.1 Å². The highest BCUT2D eigenvalue weighted by molar-refractivity contribution is 5.99. The minimum Gasteiger partial charge on any atom is -0.468 e. The Labute approximate surface area is 63.8 Å². The second-order valence-electron chi connectivity index (χ2n) is 2.22. The lowest BCUT2D eigenvalue weighted by molar-refractivity contribution is -0.153. The highest BCUT2D eigenvalue weighted by Gasteiger charge is 2.37. The quantitative estimate of drug-likeness (QED) is 0.302. The van der Waals surface area contributed by atoms with Gasteiger partial charge in [0.1, 0.15) is 6.61 Å². The van der Waals surface area contributed by atoms with Gasteiger partial charge in [0, 0.05) is 0 Å². The Hall–Kier alpha value is -1.32. The normalized spacial score (nSPS) is 23.2. The fourth-order valence-corrected chi connectivity index (χ4v) is 0.878. The van der Waals surface area contributed by atoms with Gasteiger partial charge >= 0.3 is 11.9 Å². The topological polar surface area (TPSA) is 52.6 Å². The van der Waals surface area contributed by atoms with Crippen molar-refractivity contribution in [2.45, 2.75) is 0 Å². The van der Waals surface area contributed by atoms with E-state index in [1.54, 1.807) is 0 Å². The number of cyclic esters (lactones) is 1. The van der Waals surface area contributed by atoms with Crippen LogP contribution in [0.15, 0.2) is 12.2 Å². The summed E-state index contributed by atoms with van der Waals surface area (Å²) in [5.74, 6) is -2.07. The molecule has 0 spiro atoms. The van der Waals surface area contributed by atoms with Crippen LogP contribution in [0.2, 0.25) is 0 Å². The summed E-state index contributed by atoms with van der Waals surface area (Å²) in [6, 6.07) is 0. The van der Waals surface area contributed by atoms with E-state index in [1.807, 2.05) is 0 Å². The molecule has 11 heavy (non-hydrogen) atoms. The second kappa shape index (κ2) is 2.74. The standard InChI is InChI=1S/C7H8O4/c1-4-3-11-7(9)5(4)6(8)10-2/h5H,1,3H2,2H3. The van der Waals surface area contributed by atoms with Crippen LogP contribution >= 0.6 is 0 Å². The van der Waals surface area contributed by atoms with Crippen molar-refractivity contribution in [3.8, 4) is 0 Å². The largest absolute Gasteiger partial charge is 0.468 e. The fraction of sp³-hybridized carbons (Fsp3) is 0.429. The number of carbonyl (C=O) groups excluding carboxylic acids is 2. The highest BCUT2D eigenvalue weighted by atomic mass is 16.6. The molecule has 0 bridgehead atoms. The molecule has 1 atom stereocenters. The predicted molar refractivity (Wildman–Crippen MR) is 35.6 cm³/mol. The van der Waals surface area contributed by atoms with E-state index < -0.39 is 17.9 Å². The molecule has 0 aromatic carbocycles. The highest BCUT2D eigenvalue weighted by Crippen LogP contribution is 2.20. The van der Waals surface area contributed by atoms with E-state index in [0.717, 1.165) is 0 Å². The first-order valence-corrected chi connectivity index (χ1v) is 3.09. The van der Waals surface area contributed by atoms with Gasteiger partial charge in [-0.05, 0) is 5.57 Å². The number of ether oxygens (including phenoxy) is 2. The number of rotatable bonds is 1. The first-order chi connectivity index (χ1) is 5.16. The Kier molecular flexibility index (Phi) is 1.94. The Balaban J connectivity index is 2.76. The summed E-state index contributed by atoms with van der Waals surface area (Å²) >= 11 is 0. The summed E-state index contributed by atoms with van der Waals surface area (Å²) in [5, 5.41) is 0. The van der Waals surface area contributed by atoms with Gasteiger partial charge in [-0.15, -0.1) is 0 Å². The minimum absolute atomic E-state index is 0.124. The molecule has 4 heteroatoms. The monoisotopic (exact) mass is 156 g/mol. The van der Waals surface area contributed by atoms with Crippen LogP contribution in [-0.2, 0) is 19.1 Å². The molecule has 60 valence electrons. The van der Waals surface area contributed by atoms with Crippen LogP contribution in [0.1, 0.15) is 0 Å². The zero-order valence-corrected chi connectivity index (χ0v) is 6.12. The van der Waals surface area contributed by atoms with Gasteiger partial charge in [0.25, 0.3) is 0 Å². The van der Waals surface area contributed by atoms with E-state index in [1.165, 1.54) is 7.11 Å². The molecule has 1 heterocycles. The first-order valence-electron chi connectivity index (χ1n) is 3.09. The van der Waals surface area contributed by atoms with E-state index in [-0.39, 0.29) is 6.61 Å². The molecule has 0 aromatic rings. The molecule has 0 aliphatic carbocycles. The van der Waals surface area contributed by atoms with Gasteiger partial charge in [0.2, 0.25) is 0 Å². The van der Waals surface area contributed by atoms with Gasteiger partial charge in [-0.1, -0.05) is 6.58 Å². The van der Waals surface area contributed by atoms with Gasteiger partial charge in [-0.2, -0.15) is 0 Å². The van der Waals surface area contributed by atoms with Crippen molar-refractivity contribution in [2.75, 3.05) is 13.7 Å². The molecule has 1 unspecified atom stereocenters. The van der Waals surface area contributed by atoms with Gasteiger partial charge in [0.15, 0.2) is 5.92 Å². The van der Waals surface area contributed by atoms with E-state index in [4.69, 9.17) is 0 Å². The van der Waals surface area contributed by atoms with Crippen LogP contribution in [0, 0.1) is 5.92 Å². The maximum atomic E-state index is 10.9. The van der Waals surface area contributed by atoms with Crippen molar-refractivity contribution < 1.29 is 19.1 Å². The first kappa shape index (κ1) is 7.78. The average molecular weight is 156 g/mol. The average Bonchev–Trinajstić information content (AvgIpc) is 2.30. The molecular weight excluding hydrogens is 148 g/mol. The molecule has 0 aromatic heterocycles. The van der Waals surface area contributed by atoms with Gasteiger partial charge in [0.05, 0.1) is 7.11 Å². The van der Waals surface area contributed by atoms with Crippen molar-refractivity contribution >= 4 is 11.9 Å². The summed E-state index contributed by atoms with van der Waals surface area (Å²) < 4.78 is 8.94. The maximum absolute atomic E-state index is 10.9. The third-order valence-electron chi connectivity index (χ3n) is 1.48. The van der Waals surface area contributed by atoms with Crippen LogP contribution in [0.3, 0.4) is 0 Å². The van der Waals surface area contributed by atoms with Gasteiger partial charge < -0.3 is 9.47 Å². The Morgan fingerprint density at radius 3 is 2.82 bits per heavy atom. The molecule has 1 rings (SSSR count). The van der Waals surface area contributed by atoms with Crippen molar-refractivity contribution in [1.82, 2.24) is 0 Å². The summed E-state index contributed by atoms with van der Waals surface area (Å²) in [5.41, 5.74) is 0.460. The van der Waals surface area contributed by atoms with Crippen LogP contribution in [0.25, 0.3) is 0 Å². The van der Waals surface area contributed by atoms with Crippen LogP contribution in [0.4, 0.5) is 0 Å². The van der Waals surface area contributed by atoms with Crippen molar-refractivity contribution in [3.05, 3.63) is 12.2 Å². The Morgan fingerprint density at radius 1 is 1.82 bits per heavy atom. The minimum atomic E-state index is -0.903. The van der Waals surface area contributed by atoms with E-state index in [0.29, 0.717) is 5.57 Å². The number of hydrogen-bond donors (Lipinski definition) is 0. The Morgan fingerprint density at radius 2 is 2.45 bits per heavy atom. The van der Waals surface area contributed by atoms with Crippen molar-refractivity contribution in [3.63, 3.8) is 0 Å². The number of hydrogen-bond acceptors (Lipinski definition) is 4. The summed E-state index contributed by atoms with van der Waals surface area (Å²) in [6.07, 6.45) is 0. The van der Waals surface area contributed by atoms with Crippen LogP contribution in [0.5, 0.6) is 0 Å². The summed E-state index contributed by atoms with van der Waals surface area (Å²) in [4.78, 5) is 21.7. The summed E-state index contributed by atoms with van der Waals surface area (Å²) in [6.45, 7) is 3.63. The van der Waals surface area contributed by atoms with Crippen LogP contribution in [-0.4, -0.2) is 25.7 Å². The molecule has 0 amide bonds. The van der Waals surface area contributed by atoms with Gasteiger partial charge in [-0.25, -0.2) is 0 Å². The fourth-order valence-electron chi connectivity index (χ4n) is 0.878. The molecule has 1 saturated heterocycles. The van der Waals surface area contributed by atoms with E-state index in [9.17, 15) is 9.59 Å². The third kappa shape index (κ3) is 1.24. The number of esters is 2. The molecule has 0 saturated carbocycles. The second-order valence-corrected chi connectivity index (χ2v) is 2.22. The van der Waals surface area contributed by atoms with Crippen molar-refractivity contribution in [2.24, 2.45) is 5.92 Å². The predicted octanol–water partition coefficient (Wildman–Crippen LogP) is -0.111. The number of methoxy groups -OCH3 is 1. The third-order valence-corrected chi connectivity index (χ3v) is 1.48. The lowest BCUT2D eigenvalue weighted by atomic mass is 10.1. The molecule has 0 radical (unpaired) electrons. The van der Waals surface area contributed by atoms with E-state index >= 15 is 0 Å². The molecule has 1 aliphatic heterocycles.